The number of hydrogen-bond donors (Lipinski definition) is 0. The van der Waals surface area contributed by atoms with Crippen molar-refractivity contribution in [3.63, 3.8) is 0 Å². The van der Waals surface area contributed by atoms with Gasteiger partial charge in [-0.15, -0.1) is 0 Å². The molecule has 2 aromatic rings. The van der Waals surface area contributed by atoms with Gasteiger partial charge in [0.2, 0.25) is 0 Å². The number of nitrogens with zero attached hydrogens (tertiary/aromatic N) is 4. The zero-order valence-electron chi connectivity index (χ0n) is 23.3. The van der Waals surface area contributed by atoms with E-state index in [1.807, 2.05) is 0 Å². The van der Waals surface area contributed by atoms with Gasteiger partial charge in [0.25, 0.3) is 0 Å². The van der Waals surface area contributed by atoms with E-state index in [-0.39, 0.29) is 0 Å². The Kier molecular flexibility index (Phi) is 10.1. The van der Waals surface area contributed by atoms with Crippen LogP contribution in [0.3, 0.4) is 0 Å². The Labute approximate surface area is 226 Å². The van der Waals surface area contributed by atoms with Gasteiger partial charge in [-0.1, -0.05) is 86.8 Å². The van der Waals surface area contributed by atoms with Crippen molar-refractivity contribution < 1.29 is 0 Å². The first-order valence-corrected chi connectivity index (χ1v) is 15.3. The lowest BCUT2D eigenvalue weighted by Crippen LogP contribution is -2.55. The van der Waals surface area contributed by atoms with Crippen molar-refractivity contribution in [2.45, 2.75) is 90.1 Å². The fourth-order valence-electron chi connectivity index (χ4n) is 7.31. The first kappa shape index (κ1) is 26.9. The second-order valence-corrected chi connectivity index (χ2v) is 11.9. The molecule has 4 nitrogen and oxygen atoms in total. The summed E-state index contributed by atoms with van der Waals surface area (Å²) in [5, 5.41) is 0. The summed E-state index contributed by atoms with van der Waals surface area (Å²) >= 11 is 0. The summed E-state index contributed by atoms with van der Waals surface area (Å²) in [6.07, 6.45) is 13.8. The van der Waals surface area contributed by atoms with E-state index in [1.54, 1.807) is 0 Å². The van der Waals surface area contributed by atoms with Crippen molar-refractivity contribution in [2.24, 2.45) is 5.92 Å². The SMILES string of the molecule is CC1CCCCN2CCCN(Cc3ccccc3)C12.c1ccc(CN2CCCN3CCCCCC32)cc1. The third-order valence-electron chi connectivity index (χ3n) is 9.10. The van der Waals surface area contributed by atoms with Crippen LogP contribution in [0.2, 0.25) is 0 Å². The summed E-state index contributed by atoms with van der Waals surface area (Å²) in [7, 11) is 0. The van der Waals surface area contributed by atoms with Crippen molar-refractivity contribution >= 4 is 0 Å². The van der Waals surface area contributed by atoms with E-state index in [0.29, 0.717) is 12.3 Å². The number of fused-ring (bicyclic) bond motifs is 2. The molecule has 0 aromatic heterocycles. The van der Waals surface area contributed by atoms with Crippen molar-refractivity contribution in [3.8, 4) is 0 Å². The lowest BCUT2D eigenvalue weighted by atomic mass is 9.99. The third-order valence-corrected chi connectivity index (χ3v) is 9.10. The van der Waals surface area contributed by atoms with Crippen LogP contribution in [0.25, 0.3) is 0 Å². The van der Waals surface area contributed by atoms with Crippen LogP contribution in [-0.2, 0) is 13.1 Å². The highest BCUT2D eigenvalue weighted by atomic mass is 15.4. The van der Waals surface area contributed by atoms with Gasteiger partial charge >= 0.3 is 0 Å². The first-order valence-electron chi connectivity index (χ1n) is 15.3. The van der Waals surface area contributed by atoms with E-state index in [1.165, 1.54) is 108 Å². The van der Waals surface area contributed by atoms with Gasteiger partial charge in [-0.05, 0) is 68.7 Å². The lowest BCUT2D eigenvalue weighted by Gasteiger charge is -2.46. The van der Waals surface area contributed by atoms with E-state index >= 15 is 0 Å². The Morgan fingerprint density at radius 1 is 0.541 bits per heavy atom. The molecule has 0 radical (unpaired) electrons. The molecule has 4 aliphatic rings. The predicted molar refractivity (Wildman–Crippen MR) is 155 cm³/mol. The Morgan fingerprint density at radius 2 is 1.08 bits per heavy atom. The minimum absolute atomic E-state index is 0.677. The molecule has 3 unspecified atom stereocenters. The molecule has 37 heavy (non-hydrogen) atoms. The standard InChI is InChI=1S/C17H26N2.C16H24N2/c1-15-8-5-6-11-18-12-7-13-19(17(15)18)14-16-9-3-2-4-10-16;1-3-8-15(9-4-1)14-18-13-7-12-17-11-6-2-5-10-16(17)18/h2-4,9-10,15,17H,5-8,11-14H2,1H3;1,3-4,8-9,16H,2,5-7,10-14H2. The zero-order valence-corrected chi connectivity index (χ0v) is 23.3. The molecule has 202 valence electrons. The van der Waals surface area contributed by atoms with Crippen LogP contribution in [-0.4, -0.2) is 71.2 Å². The largest absolute Gasteiger partial charge is 0.288 e. The van der Waals surface area contributed by atoms with Gasteiger partial charge in [-0.25, -0.2) is 0 Å². The fraction of sp³-hybridized carbons (Fsp3) is 0.636. The van der Waals surface area contributed by atoms with Crippen molar-refractivity contribution in [2.75, 3.05) is 39.3 Å². The van der Waals surface area contributed by atoms with E-state index < -0.39 is 0 Å². The summed E-state index contributed by atoms with van der Waals surface area (Å²) in [6, 6.07) is 21.9. The molecular weight excluding hydrogens is 452 g/mol. The molecule has 4 saturated heterocycles. The molecule has 4 fully saturated rings. The lowest BCUT2D eigenvalue weighted by molar-refractivity contribution is -0.0266. The number of hydrogen-bond acceptors (Lipinski definition) is 4. The second kappa shape index (κ2) is 13.9. The second-order valence-electron chi connectivity index (χ2n) is 11.9. The van der Waals surface area contributed by atoms with Crippen molar-refractivity contribution in [1.82, 2.24) is 19.6 Å². The average molecular weight is 503 g/mol. The van der Waals surface area contributed by atoms with Crippen LogP contribution in [0.4, 0.5) is 0 Å². The Morgan fingerprint density at radius 3 is 1.81 bits per heavy atom. The highest BCUT2D eigenvalue weighted by molar-refractivity contribution is 5.15. The first-order chi connectivity index (χ1) is 18.3. The van der Waals surface area contributed by atoms with Crippen LogP contribution < -0.4 is 0 Å². The molecule has 0 N–H and O–H groups in total. The van der Waals surface area contributed by atoms with Gasteiger partial charge < -0.3 is 0 Å². The minimum atomic E-state index is 0.677. The maximum absolute atomic E-state index is 2.74. The third kappa shape index (κ3) is 7.44. The van der Waals surface area contributed by atoms with Gasteiger partial charge in [0.1, 0.15) is 0 Å². The number of benzene rings is 2. The fourth-order valence-corrected chi connectivity index (χ4v) is 7.31. The molecule has 4 heterocycles. The van der Waals surface area contributed by atoms with Crippen LogP contribution in [0.5, 0.6) is 0 Å². The van der Waals surface area contributed by atoms with Crippen molar-refractivity contribution in [3.05, 3.63) is 71.8 Å². The molecule has 0 aliphatic carbocycles. The molecule has 4 heteroatoms. The van der Waals surface area contributed by atoms with E-state index in [2.05, 4.69) is 87.2 Å². The molecule has 0 bridgehead atoms. The van der Waals surface area contributed by atoms with Crippen LogP contribution in [0.1, 0.15) is 75.8 Å². The number of rotatable bonds is 4. The van der Waals surface area contributed by atoms with Crippen LogP contribution >= 0.6 is 0 Å². The molecule has 0 saturated carbocycles. The Balaban J connectivity index is 0.000000152. The minimum Gasteiger partial charge on any atom is -0.288 e. The maximum atomic E-state index is 2.74. The van der Waals surface area contributed by atoms with Crippen LogP contribution in [0, 0.1) is 5.92 Å². The van der Waals surface area contributed by atoms with E-state index in [0.717, 1.165) is 19.0 Å². The van der Waals surface area contributed by atoms with Gasteiger partial charge in [0.15, 0.2) is 0 Å². The summed E-state index contributed by atoms with van der Waals surface area (Å²) in [6.45, 7) is 12.5. The van der Waals surface area contributed by atoms with E-state index in [4.69, 9.17) is 0 Å². The molecular formula is C33H50N4. The van der Waals surface area contributed by atoms with Gasteiger partial charge in [0.05, 0.1) is 12.3 Å². The zero-order chi connectivity index (χ0) is 25.3. The topological polar surface area (TPSA) is 13.0 Å². The summed E-state index contributed by atoms with van der Waals surface area (Å²) in [5.74, 6) is 0.812. The van der Waals surface area contributed by atoms with Crippen molar-refractivity contribution in [1.29, 1.82) is 0 Å². The molecule has 0 spiro atoms. The average Bonchev–Trinajstić information content (AvgIpc) is 3.30. The monoisotopic (exact) mass is 502 g/mol. The maximum Gasteiger partial charge on any atom is 0.0651 e. The van der Waals surface area contributed by atoms with E-state index in [9.17, 15) is 0 Å². The predicted octanol–water partition coefficient (Wildman–Crippen LogP) is 6.43. The van der Waals surface area contributed by atoms with Crippen LogP contribution in [0.15, 0.2) is 60.7 Å². The van der Waals surface area contributed by atoms with Gasteiger partial charge in [0, 0.05) is 39.3 Å². The Hall–Kier alpha value is -1.72. The molecule has 0 amide bonds. The summed E-state index contributed by atoms with van der Waals surface area (Å²) in [4.78, 5) is 10.9. The molecule has 2 aromatic carbocycles. The van der Waals surface area contributed by atoms with Gasteiger partial charge in [-0.2, -0.15) is 0 Å². The Bertz CT molecular complexity index is 903. The molecule has 6 rings (SSSR count). The quantitative estimate of drug-likeness (QED) is 0.477. The van der Waals surface area contributed by atoms with Gasteiger partial charge in [-0.3, -0.25) is 19.6 Å². The molecule has 4 aliphatic heterocycles. The highest BCUT2D eigenvalue weighted by Gasteiger charge is 2.34. The summed E-state index contributed by atoms with van der Waals surface area (Å²) in [5.41, 5.74) is 2.92. The molecule has 3 atom stereocenters. The highest BCUT2D eigenvalue weighted by Crippen LogP contribution is 2.29. The smallest absolute Gasteiger partial charge is 0.0651 e. The summed E-state index contributed by atoms with van der Waals surface area (Å²) < 4.78 is 0. The normalized spacial score (nSPS) is 28.2.